The quantitative estimate of drug-likeness (QED) is 0.496. The van der Waals surface area contributed by atoms with Crippen LogP contribution in [-0.2, 0) is 27.4 Å². The van der Waals surface area contributed by atoms with Gasteiger partial charge in [-0.3, -0.25) is 4.79 Å². The lowest BCUT2D eigenvalue weighted by molar-refractivity contribution is -0.920. The predicted octanol–water partition coefficient (Wildman–Crippen LogP) is 2.46. The van der Waals surface area contributed by atoms with Gasteiger partial charge in [-0.15, -0.1) is 0 Å². The molecule has 0 aliphatic heterocycles. The fourth-order valence-electron chi connectivity index (χ4n) is 3.23. The SMILES string of the molecule is COc1ccc(NC(=O)COC(=O)C[NH+](Cc2ccccc2)Cc2ccccc2)cc1. The summed E-state index contributed by atoms with van der Waals surface area (Å²) in [5.41, 5.74) is 2.89. The summed E-state index contributed by atoms with van der Waals surface area (Å²) in [7, 11) is 1.58. The molecular formula is C25H27N2O4+. The van der Waals surface area contributed by atoms with Crippen molar-refractivity contribution in [2.24, 2.45) is 0 Å². The van der Waals surface area contributed by atoms with Crippen LogP contribution in [0.5, 0.6) is 5.75 Å². The van der Waals surface area contributed by atoms with Gasteiger partial charge in [-0.05, 0) is 24.3 Å². The van der Waals surface area contributed by atoms with E-state index in [-0.39, 0.29) is 19.1 Å². The van der Waals surface area contributed by atoms with Crippen molar-refractivity contribution in [3.8, 4) is 5.75 Å². The van der Waals surface area contributed by atoms with Gasteiger partial charge in [0.05, 0.1) is 7.11 Å². The average molecular weight is 420 g/mol. The highest BCUT2D eigenvalue weighted by molar-refractivity contribution is 5.92. The maximum atomic E-state index is 12.4. The number of hydrogen-bond donors (Lipinski definition) is 2. The first kappa shape index (κ1) is 22.1. The molecule has 3 aromatic carbocycles. The third kappa shape index (κ3) is 7.60. The van der Waals surface area contributed by atoms with Crippen LogP contribution >= 0.6 is 0 Å². The van der Waals surface area contributed by atoms with Crippen LogP contribution < -0.4 is 15.0 Å². The highest BCUT2D eigenvalue weighted by atomic mass is 16.5. The summed E-state index contributed by atoms with van der Waals surface area (Å²) < 4.78 is 10.3. The molecule has 0 atom stereocenters. The minimum Gasteiger partial charge on any atom is -0.497 e. The number of nitrogens with one attached hydrogen (secondary N) is 2. The molecule has 0 saturated carbocycles. The van der Waals surface area contributed by atoms with Gasteiger partial charge in [-0.25, -0.2) is 4.79 Å². The molecule has 0 fully saturated rings. The number of anilines is 1. The molecule has 3 aromatic rings. The molecule has 0 saturated heterocycles. The fourth-order valence-corrected chi connectivity index (χ4v) is 3.23. The number of amides is 1. The third-order valence-corrected chi connectivity index (χ3v) is 4.73. The number of esters is 1. The van der Waals surface area contributed by atoms with E-state index in [1.807, 2.05) is 60.7 Å². The first-order chi connectivity index (χ1) is 15.1. The van der Waals surface area contributed by atoms with Gasteiger partial charge in [0.25, 0.3) is 5.91 Å². The van der Waals surface area contributed by atoms with E-state index in [0.717, 1.165) is 16.0 Å². The Labute approximate surface area is 182 Å². The number of benzene rings is 3. The van der Waals surface area contributed by atoms with Gasteiger partial charge in [0.15, 0.2) is 13.2 Å². The van der Waals surface area contributed by atoms with Crippen LogP contribution in [0.3, 0.4) is 0 Å². The highest BCUT2D eigenvalue weighted by Crippen LogP contribution is 2.14. The zero-order valence-electron chi connectivity index (χ0n) is 17.5. The van der Waals surface area contributed by atoms with Crippen molar-refractivity contribution in [2.45, 2.75) is 13.1 Å². The van der Waals surface area contributed by atoms with Crippen molar-refractivity contribution in [1.82, 2.24) is 0 Å². The molecule has 6 nitrogen and oxygen atoms in total. The summed E-state index contributed by atoms with van der Waals surface area (Å²) in [6.45, 7) is 1.21. The molecule has 0 bridgehead atoms. The van der Waals surface area contributed by atoms with Gasteiger partial charge in [0, 0.05) is 16.8 Å². The monoisotopic (exact) mass is 419 g/mol. The van der Waals surface area contributed by atoms with E-state index in [1.54, 1.807) is 31.4 Å². The van der Waals surface area contributed by atoms with E-state index in [0.29, 0.717) is 24.5 Å². The second-order valence-electron chi connectivity index (χ2n) is 7.19. The van der Waals surface area contributed by atoms with Crippen LogP contribution in [0.25, 0.3) is 0 Å². The molecule has 0 aliphatic rings. The first-order valence-electron chi connectivity index (χ1n) is 10.1. The summed E-state index contributed by atoms with van der Waals surface area (Å²) in [4.78, 5) is 25.6. The lowest BCUT2D eigenvalue weighted by atomic mass is 10.1. The maximum absolute atomic E-state index is 12.4. The Hall–Kier alpha value is -3.64. The fraction of sp³-hybridized carbons (Fsp3) is 0.200. The molecule has 3 rings (SSSR count). The third-order valence-electron chi connectivity index (χ3n) is 4.73. The Bertz CT molecular complexity index is 918. The summed E-state index contributed by atoms with van der Waals surface area (Å²) in [6, 6.07) is 27.0. The largest absolute Gasteiger partial charge is 0.497 e. The van der Waals surface area contributed by atoms with Gasteiger partial charge in [-0.2, -0.15) is 0 Å². The highest BCUT2D eigenvalue weighted by Gasteiger charge is 2.18. The van der Waals surface area contributed by atoms with E-state index in [1.165, 1.54) is 0 Å². The van der Waals surface area contributed by atoms with Crippen LogP contribution in [0.2, 0.25) is 0 Å². The summed E-state index contributed by atoms with van der Waals surface area (Å²) in [6.07, 6.45) is 0. The Kier molecular flexibility index (Phi) is 8.20. The predicted molar refractivity (Wildman–Crippen MR) is 119 cm³/mol. The lowest BCUT2D eigenvalue weighted by Crippen LogP contribution is -3.10. The van der Waals surface area contributed by atoms with Crippen LogP contribution in [0.1, 0.15) is 11.1 Å². The van der Waals surface area contributed by atoms with Crippen molar-refractivity contribution >= 4 is 17.6 Å². The van der Waals surface area contributed by atoms with Crippen molar-refractivity contribution in [3.05, 3.63) is 96.1 Å². The van der Waals surface area contributed by atoms with Crippen LogP contribution in [0.4, 0.5) is 5.69 Å². The second kappa shape index (κ2) is 11.5. The molecule has 2 N–H and O–H groups in total. The smallest absolute Gasteiger partial charge is 0.362 e. The van der Waals surface area contributed by atoms with E-state index in [9.17, 15) is 9.59 Å². The number of rotatable bonds is 10. The summed E-state index contributed by atoms with van der Waals surface area (Å²) in [5.74, 6) is -0.0951. The molecule has 6 heteroatoms. The minimum atomic E-state index is -0.410. The van der Waals surface area contributed by atoms with Crippen molar-refractivity contribution in [2.75, 3.05) is 25.6 Å². The standard InChI is InChI=1S/C25H26N2O4/c1-30-23-14-12-22(13-15-23)26-24(28)19-31-25(29)18-27(16-20-8-4-2-5-9-20)17-21-10-6-3-7-11-21/h2-15H,16-19H2,1H3,(H,26,28)/p+1. The lowest BCUT2D eigenvalue weighted by Gasteiger charge is -2.19. The van der Waals surface area contributed by atoms with Gasteiger partial charge in [0.2, 0.25) is 0 Å². The summed E-state index contributed by atoms with van der Waals surface area (Å²) >= 11 is 0. The Morgan fingerprint density at radius 1 is 0.806 bits per heavy atom. The molecule has 0 heterocycles. The second-order valence-corrected chi connectivity index (χ2v) is 7.19. The molecule has 0 spiro atoms. The molecular weight excluding hydrogens is 392 g/mol. The van der Waals surface area contributed by atoms with Crippen LogP contribution in [0.15, 0.2) is 84.9 Å². The zero-order chi connectivity index (χ0) is 21.9. The van der Waals surface area contributed by atoms with Crippen molar-refractivity contribution in [3.63, 3.8) is 0 Å². The number of carbonyl (C=O) groups excluding carboxylic acids is 2. The molecule has 0 aliphatic carbocycles. The van der Waals surface area contributed by atoms with Crippen LogP contribution in [-0.4, -0.2) is 32.1 Å². The van der Waals surface area contributed by atoms with E-state index in [4.69, 9.17) is 9.47 Å². The Balaban J connectivity index is 1.53. The first-order valence-corrected chi connectivity index (χ1v) is 10.1. The number of carbonyl (C=O) groups is 2. The van der Waals surface area contributed by atoms with Gasteiger partial charge >= 0.3 is 5.97 Å². The number of ether oxygens (including phenoxy) is 2. The zero-order valence-corrected chi connectivity index (χ0v) is 17.5. The average Bonchev–Trinajstić information content (AvgIpc) is 2.79. The molecule has 160 valence electrons. The molecule has 0 aromatic heterocycles. The van der Waals surface area contributed by atoms with Crippen molar-refractivity contribution < 1.29 is 24.0 Å². The van der Waals surface area contributed by atoms with Gasteiger partial charge in [0.1, 0.15) is 18.8 Å². The molecule has 0 radical (unpaired) electrons. The number of methoxy groups -OCH3 is 1. The topological polar surface area (TPSA) is 69.1 Å². The Morgan fingerprint density at radius 2 is 1.35 bits per heavy atom. The molecule has 0 unspecified atom stereocenters. The number of quaternary nitrogens is 1. The molecule has 1 amide bonds. The minimum absolute atomic E-state index is 0.166. The number of hydrogen-bond acceptors (Lipinski definition) is 4. The van der Waals surface area contributed by atoms with Gasteiger partial charge in [-0.1, -0.05) is 60.7 Å². The normalized spacial score (nSPS) is 10.5. The maximum Gasteiger partial charge on any atom is 0.362 e. The van der Waals surface area contributed by atoms with Crippen molar-refractivity contribution in [1.29, 1.82) is 0 Å². The Morgan fingerprint density at radius 3 is 1.87 bits per heavy atom. The van der Waals surface area contributed by atoms with E-state index < -0.39 is 5.97 Å². The van der Waals surface area contributed by atoms with E-state index in [2.05, 4.69) is 5.32 Å². The van der Waals surface area contributed by atoms with Crippen LogP contribution in [0, 0.1) is 0 Å². The summed E-state index contributed by atoms with van der Waals surface area (Å²) in [5, 5.41) is 2.70. The van der Waals surface area contributed by atoms with Gasteiger partial charge < -0.3 is 19.7 Å². The molecule has 31 heavy (non-hydrogen) atoms. The van der Waals surface area contributed by atoms with E-state index >= 15 is 0 Å².